The van der Waals surface area contributed by atoms with E-state index in [1.54, 1.807) is 27.1 Å². The normalized spacial score (nSPS) is 10.8. The van der Waals surface area contributed by atoms with Gasteiger partial charge in [0.05, 0.1) is 11.2 Å². The number of aryl methyl sites for hydroxylation is 1. The van der Waals surface area contributed by atoms with E-state index in [-0.39, 0.29) is 28.8 Å². The molecule has 0 spiro atoms. The molecule has 0 atom stereocenters. The van der Waals surface area contributed by atoms with Gasteiger partial charge >= 0.3 is 12.1 Å². The molecule has 0 aliphatic heterocycles. The van der Waals surface area contributed by atoms with Crippen LogP contribution in [0.2, 0.25) is 0 Å². The summed E-state index contributed by atoms with van der Waals surface area (Å²) in [5, 5.41) is 7.65. The Morgan fingerprint density at radius 2 is 1.59 bits per heavy atom. The first-order chi connectivity index (χ1) is 17.5. The predicted octanol–water partition coefficient (Wildman–Crippen LogP) is 5.05. The summed E-state index contributed by atoms with van der Waals surface area (Å²) in [5.74, 6) is -2.32. The van der Waals surface area contributed by atoms with Crippen LogP contribution in [0, 0.1) is 24.4 Å². The summed E-state index contributed by atoms with van der Waals surface area (Å²) in [6, 6.07) is 6.61. The zero-order valence-electron chi connectivity index (χ0n) is 19.9. The predicted molar refractivity (Wildman–Crippen MR) is 134 cm³/mol. The van der Waals surface area contributed by atoms with Crippen LogP contribution in [0.15, 0.2) is 53.5 Å². The summed E-state index contributed by atoms with van der Waals surface area (Å²) in [7, 11) is 3.15. The molecule has 2 aromatic carbocycles. The number of hydrogen-bond acceptors (Lipinski definition) is 4. The third-order valence-corrected chi connectivity index (χ3v) is 5.34. The fraction of sp³-hybridized carbons (Fsp3) is 0.120. The number of hydrogen-bond donors (Lipinski definition) is 4. The molecular formula is C25H21F3N6O3. The molecule has 4 aromatic rings. The molecule has 12 heteroatoms. The van der Waals surface area contributed by atoms with Crippen LogP contribution in [-0.2, 0) is 0 Å². The van der Waals surface area contributed by atoms with Gasteiger partial charge in [-0.05, 0) is 48.4 Å². The van der Waals surface area contributed by atoms with Crippen molar-refractivity contribution in [1.29, 1.82) is 0 Å². The highest BCUT2D eigenvalue weighted by atomic mass is 19.1. The minimum absolute atomic E-state index is 0.164. The van der Waals surface area contributed by atoms with Gasteiger partial charge in [0, 0.05) is 49.1 Å². The van der Waals surface area contributed by atoms with Crippen molar-refractivity contribution in [3.63, 3.8) is 0 Å². The van der Waals surface area contributed by atoms with Crippen LogP contribution in [-0.4, -0.2) is 41.0 Å². The average Bonchev–Trinajstić information content (AvgIpc) is 2.79. The number of halogens is 3. The van der Waals surface area contributed by atoms with E-state index < -0.39 is 29.0 Å². The van der Waals surface area contributed by atoms with Gasteiger partial charge in [0.25, 0.3) is 5.56 Å². The molecule has 4 rings (SSSR count). The van der Waals surface area contributed by atoms with E-state index in [9.17, 15) is 27.6 Å². The highest BCUT2D eigenvalue weighted by Gasteiger charge is 2.16. The first kappa shape index (κ1) is 25.2. The third-order valence-electron chi connectivity index (χ3n) is 5.34. The third kappa shape index (κ3) is 5.69. The zero-order chi connectivity index (χ0) is 26.9. The Hall–Kier alpha value is -4.87. The number of anilines is 3. The number of carbonyl (C=O) groups is 2. The van der Waals surface area contributed by atoms with E-state index in [0.29, 0.717) is 28.1 Å². The van der Waals surface area contributed by atoms with Crippen molar-refractivity contribution >= 4 is 40.2 Å². The van der Waals surface area contributed by atoms with Crippen molar-refractivity contribution in [2.24, 2.45) is 0 Å². The highest BCUT2D eigenvalue weighted by molar-refractivity contribution is 6.00. The van der Waals surface area contributed by atoms with Crippen LogP contribution in [0.3, 0.4) is 0 Å². The van der Waals surface area contributed by atoms with Gasteiger partial charge in [-0.1, -0.05) is 0 Å². The molecule has 0 bridgehead atoms. The second-order valence-electron chi connectivity index (χ2n) is 8.38. The topological polar surface area (TPSA) is 119 Å². The van der Waals surface area contributed by atoms with Gasteiger partial charge in [-0.25, -0.2) is 27.7 Å². The van der Waals surface area contributed by atoms with Crippen molar-refractivity contribution in [1.82, 2.24) is 14.9 Å². The number of nitrogens with one attached hydrogen (secondary N) is 4. The number of aromatic amines is 1. The van der Waals surface area contributed by atoms with Crippen LogP contribution in [0.25, 0.3) is 22.0 Å². The van der Waals surface area contributed by atoms with Gasteiger partial charge < -0.3 is 20.5 Å². The smallest absolute Gasteiger partial charge is 0.323 e. The van der Waals surface area contributed by atoms with Gasteiger partial charge in [-0.2, -0.15) is 0 Å². The number of benzene rings is 2. The molecule has 4 N–H and O–H groups in total. The lowest BCUT2D eigenvalue weighted by atomic mass is 9.99. The Labute approximate surface area is 208 Å². The summed E-state index contributed by atoms with van der Waals surface area (Å²) in [5.41, 5.74) is 0.441. The lowest BCUT2D eigenvalue weighted by Crippen LogP contribution is -2.27. The van der Waals surface area contributed by atoms with E-state index >= 15 is 0 Å². The minimum Gasteiger partial charge on any atom is -0.331 e. The molecular weight excluding hydrogens is 489 g/mol. The first-order valence-corrected chi connectivity index (χ1v) is 10.9. The molecule has 0 fully saturated rings. The molecule has 0 aliphatic carbocycles. The molecule has 0 radical (unpaired) electrons. The quantitative estimate of drug-likeness (QED) is 0.307. The lowest BCUT2D eigenvalue weighted by molar-refractivity contribution is 0.230. The molecule has 0 aliphatic rings. The molecule has 9 nitrogen and oxygen atoms in total. The van der Waals surface area contributed by atoms with E-state index in [2.05, 4.69) is 25.9 Å². The van der Waals surface area contributed by atoms with Crippen molar-refractivity contribution in [3.05, 3.63) is 82.0 Å². The first-order valence-electron chi connectivity index (χ1n) is 10.9. The van der Waals surface area contributed by atoms with Crippen molar-refractivity contribution < 1.29 is 22.8 Å². The Balaban J connectivity index is 1.64. The Bertz CT molecular complexity index is 1580. The number of aromatic nitrogens is 2. The lowest BCUT2D eigenvalue weighted by Gasteiger charge is -2.13. The number of carbonyl (C=O) groups excluding carboxylic acids is 2. The van der Waals surface area contributed by atoms with Crippen molar-refractivity contribution in [2.75, 3.05) is 30.0 Å². The van der Waals surface area contributed by atoms with Gasteiger partial charge in [0.1, 0.15) is 23.3 Å². The number of amides is 4. The summed E-state index contributed by atoms with van der Waals surface area (Å²) < 4.78 is 41.4. The van der Waals surface area contributed by atoms with E-state index in [0.717, 1.165) is 18.2 Å². The van der Waals surface area contributed by atoms with Crippen molar-refractivity contribution in [2.45, 2.75) is 6.92 Å². The summed E-state index contributed by atoms with van der Waals surface area (Å²) in [6.07, 6.45) is 1.46. The second kappa shape index (κ2) is 10.0. The molecule has 0 saturated carbocycles. The minimum atomic E-state index is -0.942. The van der Waals surface area contributed by atoms with Crippen LogP contribution < -0.4 is 21.5 Å². The number of nitrogens with zero attached hydrogens (tertiary/aromatic N) is 2. The Kier molecular flexibility index (Phi) is 6.83. The molecule has 0 unspecified atom stereocenters. The average molecular weight is 510 g/mol. The molecule has 0 saturated heterocycles. The maximum absolute atomic E-state index is 14.6. The SMILES string of the molecule is Cc1cc(F)c(NC(=O)Nc2cc(F)cc(F)c2)cc1-c1cc2cnc(NC(=O)N(C)C)cc2[nH]c1=O. The number of rotatable bonds is 4. The summed E-state index contributed by atoms with van der Waals surface area (Å²) in [6.45, 7) is 1.60. The van der Waals surface area contributed by atoms with Crippen molar-refractivity contribution in [3.8, 4) is 11.1 Å². The van der Waals surface area contributed by atoms with Gasteiger partial charge in [0.15, 0.2) is 0 Å². The standard InChI is InChI=1S/C25H21F3N6O3/c1-12-4-19(28)21(32-24(36)30-16-7-14(26)6-15(27)8-16)9-17(12)18-5-13-11-29-22(33-25(37)34(2)3)10-20(13)31-23(18)35/h4-11H,1-3H3,(H,31,35)(H,29,33,37)(H2,30,32,36). The van der Waals surface area contributed by atoms with Gasteiger partial charge in [-0.3, -0.25) is 10.1 Å². The van der Waals surface area contributed by atoms with E-state index in [1.165, 1.54) is 23.2 Å². The van der Waals surface area contributed by atoms with Crippen LogP contribution in [0.4, 0.5) is 40.0 Å². The van der Waals surface area contributed by atoms with E-state index in [1.807, 2.05) is 0 Å². The maximum Gasteiger partial charge on any atom is 0.323 e. The summed E-state index contributed by atoms with van der Waals surface area (Å²) in [4.78, 5) is 45.3. The number of pyridine rings is 2. The van der Waals surface area contributed by atoms with Crippen LogP contribution >= 0.6 is 0 Å². The molecule has 4 amide bonds. The molecule has 190 valence electrons. The second-order valence-corrected chi connectivity index (χ2v) is 8.38. The van der Waals surface area contributed by atoms with Gasteiger partial charge in [-0.15, -0.1) is 0 Å². The number of fused-ring (bicyclic) bond motifs is 1. The monoisotopic (exact) mass is 510 g/mol. The Morgan fingerprint density at radius 3 is 2.27 bits per heavy atom. The molecule has 2 heterocycles. The van der Waals surface area contributed by atoms with E-state index in [4.69, 9.17) is 0 Å². The number of urea groups is 2. The highest BCUT2D eigenvalue weighted by Crippen LogP contribution is 2.29. The fourth-order valence-corrected chi connectivity index (χ4v) is 3.56. The summed E-state index contributed by atoms with van der Waals surface area (Å²) >= 11 is 0. The molecule has 2 aromatic heterocycles. The van der Waals surface area contributed by atoms with Crippen LogP contribution in [0.5, 0.6) is 0 Å². The number of H-pyrrole nitrogens is 1. The molecule has 37 heavy (non-hydrogen) atoms. The van der Waals surface area contributed by atoms with Gasteiger partial charge in [0.2, 0.25) is 0 Å². The Morgan fingerprint density at radius 1 is 0.892 bits per heavy atom. The zero-order valence-corrected chi connectivity index (χ0v) is 19.9. The van der Waals surface area contributed by atoms with Crippen LogP contribution in [0.1, 0.15) is 5.56 Å². The maximum atomic E-state index is 14.6. The largest absolute Gasteiger partial charge is 0.331 e. The fourth-order valence-electron chi connectivity index (χ4n) is 3.56.